The van der Waals surface area contributed by atoms with E-state index in [1.807, 2.05) is 13.8 Å². The van der Waals surface area contributed by atoms with Crippen molar-refractivity contribution in [2.24, 2.45) is 5.92 Å². The molecule has 2 aromatic rings. The largest absolute Gasteiger partial charge is 0.243 e. The van der Waals surface area contributed by atoms with Gasteiger partial charge in [0.15, 0.2) is 0 Å². The van der Waals surface area contributed by atoms with E-state index in [0.29, 0.717) is 24.9 Å². The summed E-state index contributed by atoms with van der Waals surface area (Å²) >= 11 is 0. The van der Waals surface area contributed by atoms with Crippen LogP contribution in [0.25, 0.3) is 0 Å². The van der Waals surface area contributed by atoms with Crippen LogP contribution < -0.4 is 0 Å². The van der Waals surface area contributed by atoms with Crippen LogP contribution in [0.5, 0.6) is 0 Å². The fourth-order valence-corrected chi connectivity index (χ4v) is 4.29. The van der Waals surface area contributed by atoms with Crippen LogP contribution in [0.3, 0.4) is 0 Å². The maximum atomic E-state index is 13.7. The zero-order valence-electron chi connectivity index (χ0n) is 14.5. The normalized spacial score (nSPS) is 12.1. The maximum absolute atomic E-state index is 13.7. The van der Waals surface area contributed by atoms with Gasteiger partial charge >= 0.3 is 0 Å². The molecule has 0 atom stereocenters. The SMILES string of the molecule is CC(C)CN(CCCc1ccc(F)cc1F)S(=O)(=O)c1ccccc1. The summed E-state index contributed by atoms with van der Waals surface area (Å²) in [5.74, 6) is -1.04. The van der Waals surface area contributed by atoms with Gasteiger partial charge < -0.3 is 0 Å². The molecule has 0 unspecified atom stereocenters. The minimum atomic E-state index is -3.59. The summed E-state index contributed by atoms with van der Waals surface area (Å²) in [4.78, 5) is 0.253. The van der Waals surface area contributed by atoms with E-state index < -0.39 is 21.7 Å². The first-order chi connectivity index (χ1) is 11.8. The average Bonchev–Trinajstić information content (AvgIpc) is 2.56. The average molecular weight is 367 g/mol. The van der Waals surface area contributed by atoms with E-state index in [4.69, 9.17) is 0 Å². The van der Waals surface area contributed by atoms with Gasteiger partial charge in [0, 0.05) is 19.2 Å². The second-order valence-corrected chi connectivity index (χ2v) is 8.35. The Morgan fingerprint density at radius 2 is 1.72 bits per heavy atom. The molecule has 0 saturated carbocycles. The Kier molecular flexibility index (Phi) is 6.67. The van der Waals surface area contributed by atoms with Gasteiger partial charge in [0.1, 0.15) is 11.6 Å². The first kappa shape index (κ1) is 19.5. The highest BCUT2D eigenvalue weighted by molar-refractivity contribution is 7.89. The minimum Gasteiger partial charge on any atom is -0.207 e. The zero-order valence-corrected chi connectivity index (χ0v) is 15.3. The van der Waals surface area contributed by atoms with Crippen LogP contribution in [0.2, 0.25) is 0 Å². The first-order valence-corrected chi connectivity index (χ1v) is 9.74. The van der Waals surface area contributed by atoms with Crippen molar-refractivity contribution in [1.29, 1.82) is 0 Å². The predicted molar refractivity (Wildman–Crippen MR) is 94.7 cm³/mol. The third kappa shape index (κ3) is 5.34. The van der Waals surface area contributed by atoms with Crippen molar-refractivity contribution in [3.05, 3.63) is 65.7 Å². The maximum Gasteiger partial charge on any atom is 0.243 e. The molecule has 0 amide bonds. The molecule has 136 valence electrons. The summed E-state index contributed by atoms with van der Waals surface area (Å²) in [6, 6.07) is 11.8. The number of rotatable bonds is 8. The van der Waals surface area contributed by atoms with E-state index in [9.17, 15) is 17.2 Å². The molecule has 0 N–H and O–H groups in total. The summed E-state index contributed by atoms with van der Waals surface area (Å²) in [5, 5.41) is 0. The molecule has 2 aromatic carbocycles. The Balaban J connectivity index is 2.10. The van der Waals surface area contributed by atoms with Gasteiger partial charge in [-0.3, -0.25) is 0 Å². The van der Waals surface area contributed by atoms with Crippen molar-refractivity contribution >= 4 is 10.0 Å². The molecule has 0 aliphatic heterocycles. The van der Waals surface area contributed by atoms with Gasteiger partial charge in [0.25, 0.3) is 0 Å². The topological polar surface area (TPSA) is 37.4 Å². The van der Waals surface area contributed by atoms with Gasteiger partial charge in [-0.25, -0.2) is 17.2 Å². The van der Waals surface area contributed by atoms with Crippen molar-refractivity contribution < 1.29 is 17.2 Å². The molecule has 0 fully saturated rings. The van der Waals surface area contributed by atoms with Crippen molar-refractivity contribution in [2.75, 3.05) is 13.1 Å². The lowest BCUT2D eigenvalue weighted by Gasteiger charge is -2.24. The van der Waals surface area contributed by atoms with Crippen molar-refractivity contribution in [2.45, 2.75) is 31.6 Å². The van der Waals surface area contributed by atoms with E-state index >= 15 is 0 Å². The van der Waals surface area contributed by atoms with Gasteiger partial charge in [-0.05, 0) is 42.5 Å². The third-order valence-corrected chi connectivity index (χ3v) is 5.70. The summed E-state index contributed by atoms with van der Waals surface area (Å²) in [6.45, 7) is 4.58. The molecule has 25 heavy (non-hydrogen) atoms. The highest BCUT2D eigenvalue weighted by atomic mass is 32.2. The Bertz CT molecular complexity index is 792. The Hall–Kier alpha value is -1.79. The molecule has 6 heteroatoms. The van der Waals surface area contributed by atoms with E-state index in [1.54, 1.807) is 30.3 Å². The lowest BCUT2D eigenvalue weighted by Crippen LogP contribution is -2.35. The lowest BCUT2D eigenvalue weighted by molar-refractivity contribution is 0.362. The van der Waals surface area contributed by atoms with Crippen LogP contribution in [0.1, 0.15) is 25.8 Å². The number of aryl methyl sites for hydroxylation is 1. The standard InChI is InChI=1S/C19H23F2NO2S/c1-15(2)14-22(25(23,24)18-8-4-3-5-9-18)12-6-7-16-10-11-17(20)13-19(16)21/h3-5,8-11,13,15H,6-7,12,14H2,1-2H3. The van der Waals surface area contributed by atoms with E-state index in [0.717, 1.165) is 6.07 Å². The lowest BCUT2D eigenvalue weighted by atomic mass is 10.1. The molecule has 0 aliphatic carbocycles. The fraction of sp³-hybridized carbons (Fsp3) is 0.368. The summed E-state index contributed by atoms with van der Waals surface area (Å²) < 4.78 is 53.8. The second kappa shape index (κ2) is 8.54. The number of benzene rings is 2. The summed E-state index contributed by atoms with van der Waals surface area (Å²) in [6.07, 6.45) is 0.812. The highest BCUT2D eigenvalue weighted by Gasteiger charge is 2.24. The first-order valence-electron chi connectivity index (χ1n) is 8.30. The number of nitrogens with zero attached hydrogens (tertiary/aromatic N) is 1. The Morgan fingerprint density at radius 3 is 2.32 bits per heavy atom. The van der Waals surface area contributed by atoms with E-state index in [2.05, 4.69) is 0 Å². The number of hydrogen-bond donors (Lipinski definition) is 0. The van der Waals surface area contributed by atoms with E-state index in [1.165, 1.54) is 16.4 Å². The van der Waals surface area contributed by atoms with Crippen LogP contribution in [-0.4, -0.2) is 25.8 Å². The minimum absolute atomic E-state index is 0.168. The zero-order chi connectivity index (χ0) is 18.4. The molecule has 0 spiro atoms. The smallest absolute Gasteiger partial charge is 0.207 e. The highest BCUT2D eigenvalue weighted by Crippen LogP contribution is 2.18. The second-order valence-electron chi connectivity index (χ2n) is 6.41. The molecule has 0 radical (unpaired) electrons. The molecule has 0 bridgehead atoms. The molecular formula is C19H23F2NO2S. The quantitative estimate of drug-likeness (QED) is 0.700. The molecule has 0 aromatic heterocycles. The predicted octanol–water partition coefficient (Wildman–Crippen LogP) is 4.24. The van der Waals surface area contributed by atoms with Crippen molar-refractivity contribution in [3.63, 3.8) is 0 Å². The Labute approximate surface area is 148 Å². The van der Waals surface area contributed by atoms with Crippen LogP contribution in [0, 0.1) is 17.6 Å². The molecule has 0 aliphatic rings. The summed E-state index contributed by atoms with van der Waals surface area (Å²) in [7, 11) is -3.59. The monoisotopic (exact) mass is 367 g/mol. The van der Waals surface area contributed by atoms with Gasteiger partial charge in [-0.2, -0.15) is 4.31 Å². The number of halogens is 2. The van der Waals surface area contributed by atoms with Crippen LogP contribution in [0.15, 0.2) is 53.4 Å². The molecule has 0 heterocycles. The van der Waals surface area contributed by atoms with Gasteiger partial charge in [0.2, 0.25) is 10.0 Å². The van der Waals surface area contributed by atoms with Crippen molar-refractivity contribution in [3.8, 4) is 0 Å². The van der Waals surface area contributed by atoms with Gasteiger partial charge in [0.05, 0.1) is 4.90 Å². The van der Waals surface area contributed by atoms with Gasteiger partial charge in [-0.15, -0.1) is 0 Å². The van der Waals surface area contributed by atoms with Crippen LogP contribution in [0.4, 0.5) is 8.78 Å². The fourth-order valence-electron chi connectivity index (χ4n) is 2.63. The van der Waals surface area contributed by atoms with Crippen LogP contribution in [-0.2, 0) is 16.4 Å². The molecule has 0 saturated heterocycles. The third-order valence-electron chi connectivity index (χ3n) is 3.82. The van der Waals surface area contributed by atoms with Crippen molar-refractivity contribution in [1.82, 2.24) is 4.31 Å². The summed E-state index contributed by atoms with van der Waals surface area (Å²) in [5.41, 5.74) is 0.392. The Morgan fingerprint density at radius 1 is 1.04 bits per heavy atom. The molecule has 3 nitrogen and oxygen atoms in total. The van der Waals surface area contributed by atoms with E-state index in [-0.39, 0.29) is 17.4 Å². The van der Waals surface area contributed by atoms with Gasteiger partial charge in [-0.1, -0.05) is 38.1 Å². The molecular weight excluding hydrogens is 344 g/mol. The molecule has 2 rings (SSSR count). The number of hydrogen-bond acceptors (Lipinski definition) is 2. The number of sulfonamides is 1. The van der Waals surface area contributed by atoms with Crippen LogP contribution >= 0.6 is 0 Å².